The average Bonchev–Trinajstić information content (AvgIpc) is 2.81. The van der Waals surface area contributed by atoms with Gasteiger partial charge in [0.05, 0.1) is 0 Å². The van der Waals surface area contributed by atoms with Crippen LogP contribution in [0.1, 0.15) is 25.3 Å². The van der Waals surface area contributed by atoms with Gasteiger partial charge < -0.3 is 10.2 Å². The molecular weight excluding hydrogens is 294 g/mol. The Morgan fingerprint density at radius 3 is 2.55 bits per heavy atom. The van der Waals surface area contributed by atoms with Gasteiger partial charge in [0.15, 0.2) is 0 Å². The van der Waals surface area contributed by atoms with Gasteiger partial charge in [0.1, 0.15) is 0 Å². The van der Waals surface area contributed by atoms with E-state index in [1.165, 1.54) is 64.2 Å². The number of nitrogens with zero attached hydrogens (tertiary/aromatic N) is 2. The van der Waals surface area contributed by atoms with Gasteiger partial charge in [0, 0.05) is 37.7 Å². The van der Waals surface area contributed by atoms with Crippen molar-refractivity contribution in [3.05, 3.63) is 34.9 Å². The van der Waals surface area contributed by atoms with Gasteiger partial charge in [-0.25, -0.2) is 0 Å². The second-order valence-electron chi connectivity index (χ2n) is 7.27. The van der Waals surface area contributed by atoms with E-state index in [1.54, 1.807) is 0 Å². The van der Waals surface area contributed by atoms with E-state index in [0.29, 0.717) is 5.41 Å². The predicted molar refractivity (Wildman–Crippen MR) is 93.4 cm³/mol. The molecule has 0 radical (unpaired) electrons. The summed E-state index contributed by atoms with van der Waals surface area (Å²) in [6.45, 7) is 11.9. The second-order valence-corrected chi connectivity index (χ2v) is 7.71. The molecule has 4 heteroatoms. The fraction of sp³-hybridized carbons (Fsp3) is 0.667. The first-order valence-corrected chi connectivity index (χ1v) is 8.91. The van der Waals surface area contributed by atoms with Gasteiger partial charge in [-0.1, -0.05) is 30.7 Å². The van der Waals surface area contributed by atoms with Crippen LogP contribution >= 0.6 is 11.6 Å². The van der Waals surface area contributed by atoms with E-state index in [2.05, 4.69) is 34.2 Å². The molecule has 0 spiro atoms. The van der Waals surface area contributed by atoms with Gasteiger partial charge in [-0.15, -0.1) is 0 Å². The van der Waals surface area contributed by atoms with Gasteiger partial charge >= 0.3 is 0 Å². The Morgan fingerprint density at radius 2 is 1.82 bits per heavy atom. The molecule has 1 atom stereocenters. The zero-order chi connectivity index (χ0) is 15.4. The zero-order valence-corrected chi connectivity index (χ0v) is 14.4. The second kappa shape index (κ2) is 7.31. The van der Waals surface area contributed by atoms with Crippen LogP contribution in [-0.4, -0.2) is 55.6 Å². The van der Waals surface area contributed by atoms with Gasteiger partial charge in [0.2, 0.25) is 0 Å². The van der Waals surface area contributed by atoms with Crippen molar-refractivity contribution in [3.8, 4) is 0 Å². The summed E-state index contributed by atoms with van der Waals surface area (Å²) in [7, 11) is 0. The maximum absolute atomic E-state index is 5.97. The van der Waals surface area contributed by atoms with E-state index in [4.69, 9.17) is 11.6 Å². The van der Waals surface area contributed by atoms with Crippen LogP contribution in [0.25, 0.3) is 0 Å². The molecule has 3 rings (SSSR count). The minimum atomic E-state index is 0.478. The Balaban J connectivity index is 1.50. The van der Waals surface area contributed by atoms with Crippen LogP contribution in [0.5, 0.6) is 0 Å². The van der Waals surface area contributed by atoms with Gasteiger partial charge in [-0.2, -0.15) is 0 Å². The summed E-state index contributed by atoms with van der Waals surface area (Å²) in [6.07, 6.45) is 2.59. The van der Waals surface area contributed by atoms with E-state index in [-0.39, 0.29) is 0 Å². The Morgan fingerprint density at radius 1 is 1.09 bits per heavy atom. The first kappa shape index (κ1) is 16.3. The smallest absolute Gasteiger partial charge is 0.0406 e. The van der Waals surface area contributed by atoms with Crippen LogP contribution in [0.3, 0.4) is 0 Å². The molecule has 0 amide bonds. The molecule has 1 unspecified atom stereocenters. The van der Waals surface area contributed by atoms with Crippen molar-refractivity contribution < 1.29 is 0 Å². The highest BCUT2D eigenvalue weighted by atomic mass is 35.5. The highest BCUT2D eigenvalue weighted by Gasteiger charge is 2.31. The van der Waals surface area contributed by atoms with E-state index < -0.39 is 0 Å². The maximum atomic E-state index is 5.97. The minimum Gasteiger partial charge on any atom is -0.316 e. The Hall–Kier alpha value is -0.610. The molecular formula is C18H28ClN3. The number of rotatable bonds is 4. The van der Waals surface area contributed by atoms with Crippen molar-refractivity contribution in [3.63, 3.8) is 0 Å². The van der Waals surface area contributed by atoms with Crippen molar-refractivity contribution >= 4 is 11.6 Å². The summed E-state index contributed by atoms with van der Waals surface area (Å²) in [6, 6.07) is 8.29. The summed E-state index contributed by atoms with van der Waals surface area (Å²) in [5.74, 6) is 0. The molecule has 122 valence electrons. The van der Waals surface area contributed by atoms with Crippen LogP contribution in [0.15, 0.2) is 24.3 Å². The topological polar surface area (TPSA) is 18.5 Å². The highest BCUT2D eigenvalue weighted by Crippen LogP contribution is 2.26. The summed E-state index contributed by atoms with van der Waals surface area (Å²) in [5, 5.41) is 4.34. The fourth-order valence-corrected chi connectivity index (χ4v) is 3.86. The molecule has 1 aromatic rings. The third-order valence-corrected chi connectivity index (χ3v) is 5.31. The lowest BCUT2D eigenvalue weighted by Crippen LogP contribution is -2.39. The van der Waals surface area contributed by atoms with Gasteiger partial charge in [0.25, 0.3) is 0 Å². The van der Waals surface area contributed by atoms with Gasteiger partial charge in [-0.3, -0.25) is 4.90 Å². The number of halogens is 1. The quantitative estimate of drug-likeness (QED) is 0.920. The maximum Gasteiger partial charge on any atom is 0.0406 e. The SMILES string of the molecule is CC1(CN2CCCN(Cc3ccc(Cl)cc3)CC2)CCNC1. The highest BCUT2D eigenvalue weighted by molar-refractivity contribution is 6.30. The third kappa shape index (κ3) is 4.45. The molecule has 22 heavy (non-hydrogen) atoms. The lowest BCUT2D eigenvalue weighted by molar-refractivity contribution is 0.178. The number of hydrogen-bond acceptors (Lipinski definition) is 3. The minimum absolute atomic E-state index is 0.478. The molecule has 0 saturated carbocycles. The van der Waals surface area contributed by atoms with Crippen molar-refractivity contribution in [2.75, 3.05) is 45.8 Å². The van der Waals surface area contributed by atoms with E-state index >= 15 is 0 Å². The number of benzene rings is 1. The molecule has 1 aromatic carbocycles. The van der Waals surface area contributed by atoms with Crippen LogP contribution in [0, 0.1) is 5.41 Å². The largest absolute Gasteiger partial charge is 0.316 e. The normalized spacial score (nSPS) is 27.9. The molecule has 1 N–H and O–H groups in total. The van der Waals surface area contributed by atoms with Gasteiger partial charge in [-0.05, 0) is 55.6 Å². The van der Waals surface area contributed by atoms with Crippen molar-refractivity contribution in [1.82, 2.24) is 15.1 Å². The molecule has 2 aliphatic rings. The molecule has 3 nitrogen and oxygen atoms in total. The Kier molecular flexibility index (Phi) is 5.40. The summed E-state index contributed by atoms with van der Waals surface area (Å²) in [5.41, 5.74) is 1.84. The molecule has 0 bridgehead atoms. The van der Waals surface area contributed by atoms with Crippen LogP contribution < -0.4 is 5.32 Å². The average molecular weight is 322 g/mol. The van der Waals surface area contributed by atoms with E-state index in [0.717, 1.165) is 11.6 Å². The van der Waals surface area contributed by atoms with Crippen LogP contribution in [-0.2, 0) is 6.54 Å². The Bertz CT molecular complexity index is 468. The summed E-state index contributed by atoms with van der Waals surface area (Å²) < 4.78 is 0. The number of hydrogen-bond donors (Lipinski definition) is 1. The summed E-state index contributed by atoms with van der Waals surface area (Å²) in [4.78, 5) is 5.26. The molecule has 2 aliphatic heterocycles. The van der Waals surface area contributed by atoms with Crippen LogP contribution in [0.2, 0.25) is 5.02 Å². The lowest BCUT2D eigenvalue weighted by Gasteiger charge is -2.31. The van der Waals surface area contributed by atoms with Crippen molar-refractivity contribution in [1.29, 1.82) is 0 Å². The fourth-order valence-electron chi connectivity index (χ4n) is 3.73. The van der Waals surface area contributed by atoms with Crippen molar-refractivity contribution in [2.45, 2.75) is 26.3 Å². The van der Waals surface area contributed by atoms with E-state index in [1.807, 2.05) is 12.1 Å². The van der Waals surface area contributed by atoms with Crippen molar-refractivity contribution in [2.24, 2.45) is 5.41 Å². The third-order valence-electron chi connectivity index (χ3n) is 5.06. The van der Waals surface area contributed by atoms with Crippen LogP contribution in [0.4, 0.5) is 0 Å². The standard InChI is InChI=1S/C18H28ClN3/c1-18(7-8-20-14-18)15-22-10-2-9-21(11-12-22)13-16-3-5-17(19)6-4-16/h3-6,20H,2,7-15H2,1H3. The lowest BCUT2D eigenvalue weighted by atomic mass is 9.89. The summed E-state index contributed by atoms with van der Waals surface area (Å²) >= 11 is 5.97. The molecule has 0 aliphatic carbocycles. The Labute approximate surface area is 139 Å². The monoisotopic (exact) mass is 321 g/mol. The first-order valence-electron chi connectivity index (χ1n) is 8.53. The predicted octanol–water partition coefficient (Wildman–Crippen LogP) is 2.85. The van der Waals surface area contributed by atoms with E-state index in [9.17, 15) is 0 Å². The first-order chi connectivity index (χ1) is 10.6. The molecule has 2 saturated heterocycles. The molecule has 0 aromatic heterocycles. The number of nitrogens with one attached hydrogen (secondary N) is 1. The zero-order valence-electron chi connectivity index (χ0n) is 13.7. The molecule has 2 heterocycles. The molecule has 2 fully saturated rings.